The van der Waals surface area contributed by atoms with Gasteiger partial charge in [-0.1, -0.05) is 24.2 Å². The fourth-order valence-electron chi connectivity index (χ4n) is 7.93. The van der Waals surface area contributed by atoms with Gasteiger partial charge in [0.15, 0.2) is 0 Å². The molecule has 166 valence electrons. The van der Waals surface area contributed by atoms with E-state index in [1.54, 1.807) is 0 Å². The lowest BCUT2D eigenvalue weighted by Gasteiger charge is -2.63. The number of rotatable bonds is 3. The number of nitroso groups, excluding NO2 is 1. The first kappa shape index (κ1) is 20.6. The van der Waals surface area contributed by atoms with E-state index < -0.39 is 11.6 Å². The van der Waals surface area contributed by atoms with Crippen LogP contribution in [0.15, 0.2) is 10.3 Å². The normalized spacial score (nSPS) is 51.9. The van der Waals surface area contributed by atoms with Gasteiger partial charge in [-0.25, -0.2) is 0 Å². The van der Waals surface area contributed by atoms with E-state index in [0.29, 0.717) is 42.8 Å². The number of nitrogens with one attached hydrogen (secondary N) is 1. The molecule has 0 bridgehead atoms. The number of carbonyl (C=O) groups is 1. The molecule has 0 amide bonds. The SMILES string of the molecule is C[C@]12CC[C@H]3[C@@H](CC(N=O)[C@@]4(O)CC(=NO[C@H]5CCNC5)CC[C@]34C)[C@@H]1CCC2=O. The van der Waals surface area contributed by atoms with E-state index in [-0.39, 0.29) is 16.9 Å². The zero-order valence-corrected chi connectivity index (χ0v) is 18.2. The van der Waals surface area contributed by atoms with Gasteiger partial charge in [0.1, 0.15) is 23.5 Å². The van der Waals surface area contributed by atoms with Crippen LogP contribution in [0.2, 0.25) is 0 Å². The quantitative estimate of drug-likeness (QED) is 0.543. The first-order valence-corrected chi connectivity index (χ1v) is 11.8. The van der Waals surface area contributed by atoms with Crippen molar-refractivity contribution in [3.05, 3.63) is 4.91 Å². The number of oxime groups is 1. The third-order valence-electron chi connectivity index (χ3n) is 9.88. The maximum atomic E-state index is 12.6. The topological polar surface area (TPSA) is 100 Å². The monoisotopic (exact) mass is 417 g/mol. The van der Waals surface area contributed by atoms with Gasteiger partial charge in [0, 0.05) is 36.6 Å². The number of hydrogen-bond acceptors (Lipinski definition) is 7. The summed E-state index contributed by atoms with van der Waals surface area (Å²) in [6.45, 7) is 6.05. The molecule has 1 unspecified atom stereocenters. The molecule has 7 nitrogen and oxygen atoms in total. The Morgan fingerprint density at radius 1 is 1.13 bits per heavy atom. The van der Waals surface area contributed by atoms with E-state index in [9.17, 15) is 14.8 Å². The second-order valence-electron chi connectivity index (χ2n) is 11.0. The molecule has 0 aromatic rings. The molecule has 2 N–H and O–H groups in total. The maximum absolute atomic E-state index is 12.6. The van der Waals surface area contributed by atoms with Crippen LogP contribution in [0.1, 0.15) is 71.6 Å². The summed E-state index contributed by atoms with van der Waals surface area (Å²) >= 11 is 0. The van der Waals surface area contributed by atoms with Crippen LogP contribution in [0.4, 0.5) is 0 Å². The van der Waals surface area contributed by atoms with Crippen molar-refractivity contribution in [1.29, 1.82) is 0 Å². The molecule has 4 aliphatic carbocycles. The van der Waals surface area contributed by atoms with Crippen LogP contribution in [-0.4, -0.2) is 47.4 Å². The standard InChI is InChI=1S/C23H35N3O4/c1-21-8-6-18-16(17(21)3-4-20(21)27)11-19(25-29)23(28)12-14(5-9-22(18,23)2)26-30-15-7-10-24-13-15/h15-19,24,28H,3-13H2,1-2H3/t15-,16-,17-,18-,19?,21-,22+,23-/m0/s1. The van der Waals surface area contributed by atoms with Crippen molar-refractivity contribution < 1.29 is 14.7 Å². The Morgan fingerprint density at radius 3 is 2.70 bits per heavy atom. The van der Waals surface area contributed by atoms with Crippen LogP contribution in [-0.2, 0) is 9.63 Å². The highest BCUT2D eigenvalue weighted by Crippen LogP contribution is 2.66. The molecule has 1 heterocycles. The van der Waals surface area contributed by atoms with Crippen LogP contribution >= 0.6 is 0 Å². The molecule has 5 aliphatic rings. The summed E-state index contributed by atoms with van der Waals surface area (Å²) in [6, 6.07) is -0.652. The number of fused-ring (bicyclic) bond motifs is 5. The third kappa shape index (κ3) is 2.77. The van der Waals surface area contributed by atoms with Gasteiger partial charge in [0.25, 0.3) is 0 Å². The maximum Gasteiger partial charge on any atom is 0.141 e. The van der Waals surface area contributed by atoms with Crippen molar-refractivity contribution in [1.82, 2.24) is 5.32 Å². The van der Waals surface area contributed by atoms with Crippen LogP contribution in [0.25, 0.3) is 0 Å². The lowest BCUT2D eigenvalue weighted by Crippen LogP contribution is -2.67. The smallest absolute Gasteiger partial charge is 0.141 e. The Labute approximate surface area is 178 Å². The van der Waals surface area contributed by atoms with Crippen molar-refractivity contribution in [2.45, 2.75) is 89.4 Å². The van der Waals surface area contributed by atoms with Crippen molar-refractivity contribution in [2.24, 2.45) is 38.9 Å². The minimum atomic E-state index is -1.18. The number of nitrogens with zero attached hydrogens (tertiary/aromatic N) is 2. The van der Waals surface area contributed by atoms with Crippen molar-refractivity contribution >= 4 is 11.5 Å². The predicted octanol–water partition coefficient (Wildman–Crippen LogP) is 3.19. The van der Waals surface area contributed by atoms with Crippen LogP contribution in [0.3, 0.4) is 0 Å². The fraction of sp³-hybridized carbons (Fsp3) is 0.913. The second-order valence-corrected chi connectivity index (χ2v) is 11.0. The predicted molar refractivity (Wildman–Crippen MR) is 113 cm³/mol. The van der Waals surface area contributed by atoms with Gasteiger partial charge in [-0.2, -0.15) is 4.91 Å². The third-order valence-corrected chi connectivity index (χ3v) is 9.88. The molecule has 7 heteroatoms. The Kier molecular flexibility index (Phi) is 4.86. The van der Waals surface area contributed by atoms with E-state index >= 15 is 0 Å². The number of aliphatic hydroxyl groups is 1. The lowest BCUT2D eigenvalue weighted by molar-refractivity contribution is -0.197. The molecule has 5 fully saturated rings. The Bertz CT molecular complexity index is 766. The lowest BCUT2D eigenvalue weighted by atomic mass is 9.42. The molecule has 30 heavy (non-hydrogen) atoms. The highest BCUT2D eigenvalue weighted by molar-refractivity contribution is 5.87. The summed E-state index contributed by atoms with van der Waals surface area (Å²) in [7, 11) is 0. The van der Waals surface area contributed by atoms with E-state index in [1.165, 1.54) is 0 Å². The van der Waals surface area contributed by atoms with Crippen molar-refractivity contribution in [3.63, 3.8) is 0 Å². The average molecular weight is 418 g/mol. The highest BCUT2D eigenvalue weighted by Gasteiger charge is 2.68. The molecular weight excluding hydrogens is 382 g/mol. The Balaban J connectivity index is 1.42. The first-order valence-electron chi connectivity index (χ1n) is 11.8. The van der Waals surface area contributed by atoms with Gasteiger partial charge in [-0.15, -0.1) is 0 Å². The van der Waals surface area contributed by atoms with Gasteiger partial charge in [-0.05, 0) is 62.8 Å². The average Bonchev–Trinajstić information content (AvgIpc) is 3.35. The number of carbonyl (C=O) groups excluding carboxylic acids is 1. The first-order chi connectivity index (χ1) is 14.3. The molecule has 4 saturated carbocycles. The Hall–Kier alpha value is -1.34. The number of Topliss-reactive ketones (excluding diaryl/α,β-unsaturated/α-hetero) is 1. The zero-order chi connectivity index (χ0) is 21.1. The summed E-state index contributed by atoms with van der Waals surface area (Å²) in [5.41, 5.74) is -0.952. The minimum Gasteiger partial charge on any atom is -0.391 e. The van der Waals surface area contributed by atoms with E-state index in [0.717, 1.165) is 57.3 Å². The molecule has 0 aromatic heterocycles. The van der Waals surface area contributed by atoms with Gasteiger partial charge in [0.05, 0.1) is 5.71 Å². The molecule has 1 saturated heterocycles. The molecule has 0 radical (unpaired) electrons. The molecule has 0 aromatic carbocycles. The van der Waals surface area contributed by atoms with Gasteiger partial charge >= 0.3 is 0 Å². The zero-order valence-electron chi connectivity index (χ0n) is 18.2. The summed E-state index contributed by atoms with van der Waals surface area (Å²) in [6.07, 6.45) is 7.01. The van der Waals surface area contributed by atoms with Gasteiger partial charge in [0.2, 0.25) is 0 Å². The molecule has 0 spiro atoms. The fourth-order valence-corrected chi connectivity index (χ4v) is 7.93. The van der Waals surface area contributed by atoms with Gasteiger partial charge in [-0.3, -0.25) is 4.79 Å². The molecular formula is C23H35N3O4. The van der Waals surface area contributed by atoms with E-state index in [1.807, 2.05) is 0 Å². The molecule has 8 atom stereocenters. The molecule has 1 aliphatic heterocycles. The highest BCUT2D eigenvalue weighted by atomic mass is 16.6. The van der Waals surface area contributed by atoms with Crippen LogP contribution in [0, 0.1) is 33.5 Å². The summed E-state index contributed by atoms with van der Waals surface area (Å²) < 4.78 is 0. The second kappa shape index (κ2) is 7.09. The van der Waals surface area contributed by atoms with E-state index in [2.05, 4.69) is 29.5 Å². The van der Waals surface area contributed by atoms with Crippen LogP contribution in [0.5, 0.6) is 0 Å². The summed E-state index contributed by atoms with van der Waals surface area (Å²) in [4.78, 5) is 30.4. The largest absolute Gasteiger partial charge is 0.391 e. The van der Waals surface area contributed by atoms with Crippen LogP contribution < -0.4 is 5.32 Å². The molecule has 5 rings (SSSR count). The van der Waals surface area contributed by atoms with Gasteiger partial charge < -0.3 is 15.3 Å². The minimum absolute atomic E-state index is 0.0899. The van der Waals surface area contributed by atoms with E-state index in [4.69, 9.17) is 4.84 Å². The summed E-state index contributed by atoms with van der Waals surface area (Å²) in [5, 5.41) is 23.1. The number of hydrogen-bond donors (Lipinski definition) is 2. The summed E-state index contributed by atoms with van der Waals surface area (Å²) in [5.74, 6) is 1.33. The number of ketones is 1. The van der Waals surface area contributed by atoms with Crippen molar-refractivity contribution in [2.75, 3.05) is 13.1 Å². The Morgan fingerprint density at radius 2 is 1.97 bits per heavy atom. The van der Waals surface area contributed by atoms with Crippen molar-refractivity contribution in [3.8, 4) is 0 Å².